The van der Waals surface area contributed by atoms with Crippen molar-refractivity contribution in [2.75, 3.05) is 20.2 Å². The fourth-order valence-corrected chi connectivity index (χ4v) is 4.85. The summed E-state index contributed by atoms with van der Waals surface area (Å²) in [6, 6.07) is 5.45. The van der Waals surface area contributed by atoms with Crippen molar-refractivity contribution in [1.29, 1.82) is 0 Å². The van der Waals surface area contributed by atoms with Crippen LogP contribution in [0, 0.1) is 11.2 Å². The standard InChI is InChI=1S/C20H23FN2O3/c1-26-17-4-2-7-20(17)8-3-9-23(12-20)19(25)15-11-18(24)22-16-10-13(21)5-6-14(15)16/h5-6,10-11,17H,2-4,7-9,12H2,1H3,(H,22,24)/t17-,20-/m1/s1. The first kappa shape index (κ1) is 17.2. The molecular formula is C20H23FN2O3. The number of nitrogens with zero attached hydrogens (tertiary/aromatic N) is 1. The Kier molecular flexibility index (Phi) is 4.31. The Morgan fingerprint density at radius 3 is 2.92 bits per heavy atom. The van der Waals surface area contributed by atoms with E-state index < -0.39 is 11.4 Å². The van der Waals surface area contributed by atoms with Crippen molar-refractivity contribution in [3.8, 4) is 0 Å². The zero-order valence-corrected chi connectivity index (χ0v) is 14.9. The number of aromatic amines is 1. The van der Waals surface area contributed by atoms with E-state index in [4.69, 9.17) is 4.74 Å². The van der Waals surface area contributed by atoms with Gasteiger partial charge in [-0.15, -0.1) is 0 Å². The Labute approximate surface area is 151 Å². The van der Waals surface area contributed by atoms with E-state index in [2.05, 4.69) is 4.98 Å². The van der Waals surface area contributed by atoms with E-state index in [0.29, 0.717) is 29.6 Å². The Balaban J connectivity index is 1.70. The maximum atomic E-state index is 13.5. The molecule has 0 bridgehead atoms. The molecule has 5 nitrogen and oxygen atoms in total. The van der Waals surface area contributed by atoms with E-state index in [0.717, 1.165) is 32.1 Å². The molecule has 2 atom stereocenters. The molecule has 1 saturated carbocycles. The van der Waals surface area contributed by atoms with E-state index in [-0.39, 0.29) is 17.4 Å². The highest BCUT2D eigenvalue weighted by atomic mass is 19.1. The zero-order valence-electron chi connectivity index (χ0n) is 14.9. The molecule has 1 aliphatic heterocycles. The zero-order chi connectivity index (χ0) is 18.3. The van der Waals surface area contributed by atoms with Crippen LogP contribution in [0.1, 0.15) is 42.5 Å². The predicted octanol–water partition coefficient (Wildman–Crippen LogP) is 3.09. The highest BCUT2D eigenvalue weighted by Crippen LogP contribution is 2.46. The number of piperidine rings is 1. The van der Waals surface area contributed by atoms with Gasteiger partial charge < -0.3 is 14.6 Å². The summed E-state index contributed by atoms with van der Waals surface area (Å²) < 4.78 is 19.2. The van der Waals surface area contributed by atoms with Gasteiger partial charge in [0.15, 0.2) is 0 Å². The Morgan fingerprint density at radius 1 is 1.31 bits per heavy atom. The second kappa shape index (κ2) is 6.50. The number of fused-ring (bicyclic) bond motifs is 1. The second-order valence-corrected chi connectivity index (χ2v) is 7.55. The van der Waals surface area contributed by atoms with Crippen LogP contribution in [-0.2, 0) is 4.74 Å². The Bertz CT molecular complexity index is 910. The normalized spacial score (nSPS) is 25.9. The molecule has 2 fully saturated rings. The lowest BCUT2D eigenvalue weighted by Crippen LogP contribution is -2.50. The van der Waals surface area contributed by atoms with Crippen molar-refractivity contribution in [3.63, 3.8) is 0 Å². The summed E-state index contributed by atoms with van der Waals surface area (Å²) >= 11 is 0. The minimum atomic E-state index is -0.441. The molecule has 0 radical (unpaired) electrons. The van der Waals surface area contributed by atoms with Gasteiger partial charge in [-0.05, 0) is 43.9 Å². The van der Waals surface area contributed by atoms with E-state index in [1.54, 1.807) is 13.2 Å². The minimum absolute atomic E-state index is 0.0196. The summed E-state index contributed by atoms with van der Waals surface area (Å²) in [4.78, 5) is 29.7. The SMILES string of the molecule is CO[C@@H]1CCC[C@]12CCCN(C(=O)c1cc(=O)[nH]c3cc(F)ccc13)C2. The highest BCUT2D eigenvalue weighted by molar-refractivity contribution is 6.06. The number of hydrogen-bond donors (Lipinski definition) is 1. The molecule has 6 heteroatoms. The topological polar surface area (TPSA) is 62.4 Å². The Morgan fingerprint density at radius 2 is 2.12 bits per heavy atom. The third kappa shape index (κ3) is 2.82. The predicted molar refractivity (Wildman–Crippen MR) is 96.7 cm³/mol. The molecule has 4 rings (SSSR count). The van der Waals surface area contributed by atoms with Gasteiger partial charge >= 0.3 is 0 Å². The van der Waals surface area contributed by atoms with Gasteiger partial charge in [-0.25, -0.2) is 4.39 Å². The molecule has 26 heavy (non-hydrogen) atoms. The maximum Gasteiger partial charge on any atom is 0.254 e. The van der Waals surface area contributed by atoms with Gasteiger partial charge in [0.05, 0.1) is 17.2 Å². The number of pyridine rings is 1. The third-order valence-corrected chi connectivity index (χ3v) is 6.04. The molecule has 0 unspecified atom stereocenters. The molecule has 1 amide bonds. The largest absolute Gasteiger partial charge is 0.381 e. The first-order valence-corrected chi connectivity index (χ1v) is 9.17. The summed E-state index contributed by atoms with van der Waals surface area (Å²) in [7, 11) is 1.75. The van der Waals surface area contributed by atoms with Crippen LogP contribution in [0.4, 0.5) is 4.39 Å². The number of aromatic nitrogens is 1. The number of ether oxygens (including phenoxy) is 1. The second-order valence-electron chi connectivity index (χ2n) is 7.55. The van der Waals surface area contributed by atoms with Crippen molar-refractivity contribution < 1.29 is 13.9 Å². The number of carbonyl (C=O) groups excluding carboxylic acids is 1. The number of nitrogens with one attached hydrogen (secondary N) is 1. The summed E-state index contributed by atoms with van der Waals surface area (Å²) in [5, 5.41) is 0.574. The molecule has 1 spiro atoms. The molecule has 1 saturated heterocycles. The fraction of sp³-hybridized carbons (Fsp3) is 0.500. The molecule has 1 N–H and O–H groups in total. The number of halogens is 1. The van der Waals surface area contributed by atoms with Gasteiger partial charge in [0.1, 0.15) is 5.82 Å². The van der Waals surface area contributed by atoms with Crippen molar-refractivity contribution in [2.24, 2.45) is 5.41 Å². The lowest BCUT2D eigenvalue weighted by Gasteiger charge is -2.43. The lowest BCUT2D eigenvalue weighted by atomic mass is 9.76. The lowest BCUT2D eigenvalue weighted by molar-refractivity contribution is -0.0295. The number of rotatable bonds is 2. The van der Waals surface area contributed by atoms with Crippen molar-refractivity contribution in [3.05, 3.63) is 46.0 Å². The van der Waals surface area contributed by atoms with Crippen LogP contribution in [0.5, 0.6) is 0 Å². The smallest absolute Gasteiger partial charge is 0.254 e. The summed E-state index contributed by atoms with van der Waals surface area (Å²) in [6.45, 7) is 1.33. The molecule has 138 valence electrons. The van der Waals surface area contributed by atoms with Crippen LogP contribution >= 0.6 is 0 Å². The maximum absolute atomic E-state index is 13.5. The third-order valence-electron chi connectivity index (χ3n) is 6.04. The van der Waals surface area contributed by atoms with Crippen LogP contribution in [0.2, 0.25) is 0 Å². The fourth-order valence-electron chi connectivity index (χ4n) is 4.85. The van der Waals surface area contributed by atoms with E-state index in [9.17, 15) is 14.0 Å². The van der Waals surface area contributed by atoms with Gasteiger partial charge in [-0.2, -0.15) is 0 Å². The van der Waals surface area contributed by atoms with Crippen molar-refractivity contribution in [1.82, 2.24) is 9.88 Å². The first-order valence-electron chi connectivity index (χ1n) is 9.17. The minimum Gasteiger partial charge on any atom is -0.381 e. The van der Waals surface area contributed by atoms with Gasteiger partial charge in [-0.3, -0.25) is 9.59 Å². The molecule has 1 aromatic heterocycles. The number of amides is 1. The molecule has 1 aromatic carbocycles. The van der Waals surface area contributed by atoms with Crippen molar-refractivity contribution in [2.45, 2.75) is 38.2 Å². The molecular weight excluding hydrogens is 335 g/mol. The highest BCUT2D eigenvalue weighted by Gasteiger charge is 2.46. The molecule has 2 aliphatic rings. The number of methoxy groups -OCH3 is 1. The van der Waals surface area contributed by atoms with Gasteiger partial charge in [0.2, 0.25) is 5.56 Å². The van der Waals surface area contributed by atoms with Crippen LogP contribution in [0.15, 0.2) is 29.1 Å². The van der Waals surface area contributed by atoms with E-state index in [1.165, 1.54) is 18.2 Å². The van der Waals surface area contributed by atoms with Crippen LogP contribution in [-0.4, -0.2) is 42.1 Å². The quantitative estimate of drug-likeness (QED) is 0.897. The average Bonchev–Trinajstić information content (AvgIpc) is 3.01. The van der Waals surface area contributed by atoms with Crippen LogP contribution in [0.3, 0.4) is 0 Å². The number of benzene rings is 1. The van der Waals surface area contributed by atoms with E-state index in [1.807, 2.05) is 4.90 Å². The number of likely N-dealkylation sites (tertiary alicyclic amines) is 1. The number of H-pyrrole nitrogens is 1. The average molecular weight is 358 g/mol. The molecule has 2 heterocycles. The summed E-state index contributed by atoms with van der Waals surface area (Å²) in [6.07, 6.45) is 5.40. The summed E-state index contributed by atoms with van der Waals surface area (Å²) in [5.74, 6) is -0.600. The Hall–Kier alpha value is -2.21. The van der Waals surface area contributed by atoms with Crippen LogP contribution in [0.25, 0.3) is 10.9 Å². The molecule has 2 aromatic rings. The number of carbonyl (C=O) groups is 1. The summed E-state index contributed by atoms with van der Waals surface area (Å²) in [5.41, 5.74) is 0.316. The van der Waals surface area contributed by atoms with Gasteiger partial charge in [0.25, 0.3) is 5.91 Å². The molecule has 1 aliphatic carbocycles. The monoisotopic (exact) mass is 358 g/mol. The number of hydrogen-bond acceptors (Lipinski definition) is 3. The van der Waals surface area contributed by atoms with Gasteiger partial charge in [-0.1, -0.05) is 6.42 Å². The van der Waals surface area contributed by atoms with E-state index >= 15 is 0 Å². The van der Waals surface area contributed by atoms with Crippen molar-refractivity contribution >= 4 is 16.8 Å². The first-order chi connectivity index (χ1) is 12.5. The van der Waals surface area contributed by atoms with Gasteiger partial charge in [0, 0.05) is 37.1 Å². The van der Waals surface area contributed by atoms with Crippen LogP contribution < -0.4 is 5.56 Å².